The van der Waals surface area contributed by atoms with E-state index in [4.69, 9.17) is 10.8 Å². The predicted octanol–water partition coefficient (Wildman–Crippen LogP) is 1.66. The van der Waals surface area contributed by atoms with Crippen LogP contribution in [0.5, 0.6) is 5.75 Å². The molecule has 0 amide bonds. The second kappa shape index (κ2) is 4.70. The fourth-order valence-corrected chi connectivity index (χ4v) is 1.28. The molecule has 82 valence electrons. The number of phenolic OH excluding ortho intramolecular Hbond substituents is 1. The molecule has 1 rings (SSSR count). The van der Waals surface area contributed by atoms with Crippen molar-refractivity contribution in [2.24, 2.45) is 5.73 Å². The third-order valence-electron chi connectivity index (χ3n) is 2.03. The van der Waals surface area contributed by atoms with Crippen LogP contribution in [-0.4, -0.2) is 16.7 Å². The minimum Gasteiger partial charge on any atom is -0.508 e. The monoisotopic (exact) mass is 214 g/mol. The van der Waals surface area contributed by atoms with E-state index in [2.05, 4.69) is 0 Å². The molecule has 0 aliphatic rings. The molecule has 0 unspecified atom stereocenters. The van der Waals surface area contributed by atoms with Crippen LogP contribution in [0.1, 0.15) is 18.0 Å². The molecule has 0 aromatic heterocycles. The summed E-state index contributed by atoms with van der Waals surface area (Å²) in [5, 5.41) is 19.8. The third kappa shape index (κ3) is 2.63. The maximum absolute atomic E-state index is 12.1. The molecule has 15 heavy (non-hydrogen) atoms. The third-order valence-corrected chi connectivity index (χ3v) is 2.03. The van der Waals surface area contributed by atoms with Gasteiger partial charge in [-0.25, -0.2) is 0 Å². The van der Waals surface area contributed by atoms with Gasteiger partial charge in [-0.3, -0.25) is 14.5 Å². The highest BCUT2D eigenvalue weighted by molar-refractivity contribution is 5.46. The molecule has 1 aromatic rings. The van der Waals surface area contributed by atoms with Crippen LogP contribution in [0.2, 0.25) is 0 Å². The van der Waals surface area contributed by atoms with Gasteiger partial charge in [-0.05, 0) is 18.6 Å². The number of aromatic hydroxyl groups is 1. The molecular formula is C9H11FN2O3. The fraction of sp³-hybridized carbons (Fsp3) is 0.333. The number of phenols is 1. The number of nitro groups is 1. The van der Waals surface area contributed by atoms with Crippen molar-refractivity contribution in [2.75, 3.05) is 6.67 Å². The van der Waals surface area contributed by atoms with Gasteiger partial charge < -0.3 is 10.8 Å². The number of nitrogens with zero attached hydrogens (tertiary/aromatic N) is 1. The van der Waals surface area contributed by atoms with Crippen LogP contribution in [0.3, 0.4) is 0 Å². The molecule has 5 nitrogen and oxygen atoms in total. The van der Waals surface area contributed by atoms with Gasteiger partial charge in [0.05, 0.1) is 17.2 Å². The highest BCUT2D eigenvalue weighted by atomic mass is 19.1. The lowest BCUT2D eigenvalue weighted by atomic mass is 10.0. The van der Waals surface area contributed by atoms with Gasteiger partial charge in [0, 0.05) is 12.1 Å². The Bertz CT molecular complexity index is 370. The molecule has 0 fully saturated rings. The minimum absolute atomic E-state index is 0.00963. The molecule has 0 aliphatic carbocycles. The average Bonchev–Trinajstić information content (AvgIpc) is 2.17. The Balaban J connectivity index is 3.12. The van der Waals surface area contributed by atoms with E-state index in [9.17, 15) is 14.5 Å². The van der Waals surface area contributed by atoms with Crippen LogP contribution in [0.25, 0.3) is 0 Å². The van der Waals surface area contributed by atoms with E-state index in [0.29, 0.717) is 0 Å². The van der Waals surface area contributed by atoms with Crippen LogP contribution in [0, 0.1) is 10.1 Å². The molecule has 0 radical (unpaired) electrons. The number of nitro benzene ring substituents is 1. The van der Waals surface area contributed by atoms with E-state index in [0.717, 1.165) is 6.07 Å². The molecule has 3 N–H and O–H groups in total. The van der Waals surface area contributed by atoms with E-state index >= 15 is 0 Å². The summed E-state index contributed by atoms with van der Waals surface area (Å²) in [6.45, 7) is -0.659. The second-order valence-corrected chi connectivity index (χ2v) is 3.08. The van der Waals surface area contributed by atoms with Crippen molar-refractivity contribution in [1.82, 2.24) is 0 Å². The van der Waals surface area contributed by atoms with E-state index in [1.165, 1.54) is 12.1 Å². The van der Waals surface area contributed by atoms with Gasteiger partial charge in [-0.15, -0.1) is 0 Å². The normalized spacial score (nSPS) is 12.4. The van der Waals surface area contributed by atoms with Crippen LogP contribution in [0.15, 0.2) is 18.2 Å². The van der Waals surface area contributed by atoms with E-state index < -0.39 is 17.6 Å². The molecule has 0 saturated carbocycles. The number of halogens is 1. The molecule has 0 saturated heterocycles. The van der Waals surface area contributed by atoms with Crippen molar-refractivity contribution < 1.29 is 14.4 Å². The summed E-state index contributed by atoms with van der Waals surface area (Å²) < 4.78 is 12.1. The summed E-state index contributed by atoms with van der Waals surface area (Å²) in [5.41, 5.74) is 5.51. The first-order valence-electron chi connectivity index (χ1n) is 4.35. The lowest BCUT2D eigenvalue weighted by Crippen LogP contribution is -2.12. The number of benzene rings is 1. The molecule has 0 spiro atoms. The topological polar surface area (TPSA) is 89.4 Å². The Labute approximate surface area is 85.5 Å². The molecule has 0 heterocycles. The van der Waals surface area contributed by atoms with Gasteiger partial charge in [0.25, 0.3) is 5.69 Å². The van der Waals surface area contributed by atoms with Crippen LogP contribution in [-0.2, 0) is 0 Å². The lowest BCUT2D eigenvalue weighted by Gasteiger charge is -2.10. The Kier molecular flexibility index (Phi) is 3.56. The summed E-state index contributed by atoms with van der Waals surface area (Å²) in [7, 11) is 0. The van der Waals surface area contributed by atoms with Crippen molar-refractivity contribution in [1.29, 1.82) is 0 Å². The summed E-state index contributed by atoms with van der Waals surface area (Å²) in [5.74, 6) is -0.120. The molecule has 1 aromatic carbocycles. The molecule has 0 bridgehead atoms. The number of alkyl halides is 1. The summed E-state index contributed by atoms with van der Waals surface area (Å²) in [6.07, 6.45) is -0.00963. The maximum Gasteiger partial charge on any atom is 0.274 e. The second-order valence-electron chi connectivity index (χ2n) is 3.08. The average molecular weight is 214 g/mol. The van der Waals surface area contributed by atoms with Gasteiger partial charge in [-0.2, -0.15) is 0 Å². The quantitative estimate of drug-likeness (QED) is 0.589. The zero-order valence-electron chi connectivity index (χ0n) is 7.89. The van der Waals surface area contributed by atoms with Crippen molar-refractivity contribution in [3.8, 4) is 5.75 Å². The van der Waals surface area contributed by atoms with Gasteiger partial charge in [0.1, 0.15) is 5.75 Å². The SMILES string of the molecule is N[C@@H](CCF)c1cc(O)ccc1[N+](=O)[O-]. The molecule has 6 heteroatoms. The molecule has 1 atom stereocenters. The first-order chi connectivity index (χ1) is 7.06. The summed E-state index contributed by atoms with van der Waals surface area (Å²) in [4.78, 5) is 10.0. The Morgan fingerprint density at radius 2 is 2.27 bits per heavy atom. The maximum atomic E-state index is 12.1. The zero-order chi connectivity index (χ0) is 11.4. The number of hydrogen-bond donors (Lipinski definition) is 2. The zero-order valence-corrected chi connectivity index (χ0v) is 7.89. The lowest BCUT2D eigenvalue weighted by molar-refractivity contribution is -0.385. The van der Waals surface area contributed by atoms with Crippen molar-refractivity contribution in [3.05, 3.63) is 33.9 Å². The van der Waals surface area contributed by atoms with E-state index in [1.807, 2.05) is 0 Å². The number of rotatable bonds is 4. The van der Waals surface area contributed by atoms with Crippen molar-refractivity contribution in [3.63, 3.8) is 0 Å². The van der Waals surface area contributed by atoms with Gasteiger partial charge >= 0.3 is 0 Å². The minimum atomic E-state index is -0.775. The number of nitrogens with two attached hydrogens (primary N) is 1. The van der Waals surface area contributed by atoms with E-state index in [1.54, 1.807) is 0 Å². The Morgan fingerprint density at radius 3 is 2.80 bits per heavy atom. The summed E-state index contributed by atoms with van der Waals surface area (Å²) >= 11 is 0. The Morgan fingerprint density at radius 1 is 1.60 bits per heavy atom. The fourth-order valence-electron chi connectivity index (χ4n) is 1.28. The highest BCUT2D eigenvalue weighted by Gasteiger charge is 2.19. The van der Waals surface area contributed by atoms with Crippen molar-refractivity contribution >= 4 is 5.69 Å². The van der Waals surface area contributed by atoms with Crippen molar-refractivity contribution in [2.45, 2.75) is 12.5 Å². The number of hydrogen-bond acceptors (Lipinski definition) is 4. The first kappa shape index (κ1) is 11.4. The van der Waals surface area contributed by atoms with Crippen LogP contribution < -0.4 is 5.73 Å². The largest absolute Gasteiger partial charge is 0.508 e. The van der Waals surface area contributed by atoms with Gasteiger partial charge in [0.15, 0.2) is 0 Å². The van der Waals surface area contributed by atoms with Gasteiger partial charge in [0.2, 0.25) is 0 Å². The summed E-state index contributed by atoms with van der Waals surface area (Å²) in [6, 6.07) is 2.77. The molecule has 0 aliphatic heterocycles. The van der Waals surface area contributed by atoms with Gasteiger partial charge in [-0.1, -0.05) is 0 Å². The molecular weight excluding hydrogens is 203 g/mol. The first-order valence-corrected chi connectivity index (χ1v) is 4.35. The standard InChI is InChI=1S/C9H11FN2O3/c10-4-3-8(11)7-5-6(13)1-2-9(7)12(14)15/h1-2,5,8,13H,3-4,11H2/t8-/m0/s1. The van der Waals surface area contributed by atoms with Crippen LogP contribution in [0.4, 0.5) is 10.1 Å². The van der Waals surface area contributed by atoms with E-state index in [-0.39, 0.29) is 23.4 Å². The van der Waals surface area contributed by atoms with Crippen LogP contribution >= 0.6 is 0 Å². The smallest absolute Gasteiger partial charge is 0.274 e. The Hall–Kier alpha value is -1.69. The highest BCUT2D eigenvalue weighted by Crippen LogP contribution is 2.29. The predicted molar refractivity (Wildman–Crippen MR) is 52.3 cm³/mol.